The molecular formula is C14H19BrN2O3. The highest BCUT2D eigenvalue weighted by Gasteiger charge is 2.22. The van der Waals surface area contributed by atoms with Gasteiger partial charge >= 0.3 is 0 Å². The number of para-hydroxylation sites is 1. The molecule has 1 heterocycles. The molecule has 1 saturated heterocycles. The van der Waals surface area contributed by atoms with Gasteiger partial charge in [0.05, 0.1) is 10.5 Å². The first kappa shape index (κ1) is 15.3. The van der Waals surface area contributed by atoms with E-state index in [1.807, 2.05) is 24.3 Å². The predicted octanol–water partition coefficient (Wildman–Crippen LogP) is 1.06. The van der Waals surface area contributed by atoms with Crippen molar-refractivity contribution >= 4 is 21.8 Å². The molecule has 1 amide bonds. The lowest BCUT2D eigenvalue weighted by atomic mass is 10.2. The first-order valence-electron chi connectivity index (χ1n) is 6.73. The van der Waals surface area contributed by atoms with E-state index >= 15 is 0 Å². The second kappa shape index (κ2) is 7.61. The van der Waals surface area contributed by atoms with Crippen molar-refractivity contribution in [3.8, 4) is 5.75 Å². The lowest BCUT2D eigenvalue weighted by molar-refractivity contribution is -0.123. The number of benzene rings is 1. The van der Waals surface area contributed by atoms with Crippen LogP contribution in [0.1, 0.15) is 12.8 Å². The molecule has 2 rings (SSSR count). The highest BCUT2D eigenvalue weighted by molar-refractivity contribution is 9.10. The number of hydrogen-bond donors (Lipinski definition) is 3. The molecule has 110 valence electrons. The van der Waals surface area contributed by atoms with Crippen LogP contribution in [0, 0.1) is 0 Å². The fourth-order valence-electron chi connectivity index (χ4n) is 2.06. The van der Waals surface area contributed by atoms with Crippen LogP contribution in [0.3, 0.4) is 0 Å². The average Bonchev–Trinajstić information content (AvgIpc) is 2.98. The molecule has 0 aliphatic carbocycles. The van der Waals surface area contributed by atoms with Crippen LogP contribution in [-0.2, 0) is 4.79 Å². The number of halogens is 1. The van der Waals surface area contributed by atoms with E-state index in [4.69, 9.17) is 4.74 Å². The van der Waals surface area contributed by atoms with Gasteiger partial charge in [-0.05, 0) is 47.4 Å². The van der Waals surface area contributed by atoms with Crippen LogP contribution in [0.2, 0.25) is 0 Å². The molecule has 5 nitrogen and oxygen atoms in total. The summed E-state index contributed by atoms with van der Waals surface area (Å²) < 4.78 is 6.33. The van der Waals surface area contributed by atoms with Gasteiger partial charge in [0, 0.05) is 6.54 Å². The monoisotopic (exact) mass is 342 g/mol. The van der Waals surface area contributed by atoms with Crippen molar-refractivity contribution in [2.24, 2.45) is 0 Å². The van der Waals surface area contributed by atoms with E-state index in [0.717, 1.165) is 23.9 Å². The standard InChI is InChI=1S/C14H19BrN2O3/c15-11-4-1-2-6-13(11)20-9-10(18)8-17-14(19)12-5-3-7-16-12/h1-2,4,6,10,12,16,18H,3,5,7-9H2,(H,17,19)/t10-,12+/m1/s1. The van der Waals surface area contributed by atoms with Gasteiger partial charge in [-0.15, -0.1) is 0 Å². The molecule has 1 aliphatic rings. The zero-order chi connectivity index (χ0) is 14.4. The highest BCUT2D eigenvalue weighted by atomic mass is 79.9. The van der Waals surface area contributed by atoms with Crippen LogP contribution in [0.25, 0.3) is 0 Å². The maximum Gasteiger partial charge on any atom is 0.237 e. The van der Waals surface area contributed by atoms with Gasteiger partial charge in [0.25, 0.3) is 0 Å². The van der Waals surface area contributed by atoms with Crippen LogP contribution in [0.5, 0.6) is 5.75 Å². The number of carbonyl (C=O) groups is 1. The van der Waals surface area contributed by atoms with Crippen molar-refractivity contribution in [3.63, 3.8) is 0 Å². The third-order valence-corrected chi connectivity index (χ3v) is 3.81. The van der Waals surface area contributed by atoms with Gasteiger partial charge in [-0.25, -0.2) is 0 Å². The summed E-state index contributed by atoms with van der Waals surface area (Å²) in [6.07, 6.45) is 1.15. The van der Waals surface area contributed by atoms with E-state index in [-0.39, 0.29) is 25.1 Å². The Balaban J connectivity index is 1.69. The Morgan fingerprint density at radius 1 is 1.55 bits per heavy atom. The second-order valence-electron chi connectivity index (χ2n) is 4.79. The van der Waals surface area contributed by atoms with Crippen LogP contribution in [0.15, 0.2) is 28.7 Å². The summed E-state index contributed by atoms with van der Waals surface area (Å²) in [7, 11) is 0. The smallest absolute Gasteiger partial charge is 0.237 e. The van der Waals surface area contributed by atoms with E-state index < -0.39 is 6.10 Å². The van der Waals surface area contributed by atoms with E-state index in [2.05, 4.69) is 26.6 Å². The number of amides is 1. The van der Waals surface area contributed by atoms with Crippen molar-refractivity contribution in [3.05, 3.63) is 28.7 Å². The van der Waals surface area contributed by atoms with Crippen LogP contribution >= 0.6 is 15.9 Å². The number of nitrogens with one attached hydrogen (secondary N) is 2. The van der Waals surface area contributed by atoms with Crippen molar-refractivity contribution in [2.75, 3.05) is 19.7 Å². The summed E-state index contributed by atoms with van der Waals surface area (Å²) in [6.45, 7) is 1.22. The molecule has 1 aromatic rings. The van der Waals surface area contributed by atoms with Crippen molar-refractivity contribution in [2.45, 2.75) is 25.0 Å². The van der Waals surface area contributed by atoms with Crippen molar-refractivity contribution < 1.29 is 14.6 Å². The molecule has 0 radical (unpaired) electrons. The number of rotatable bonds is 6. The maximum atomic E-state index is 11.7. The molecule has 6 heteroatoms. The SMILES string of the molecule is O=C(NC[C@@H](O)COc1ccccc1Br)[C@@H]1CCCN1. The van der Waals surface area contributed by atoms with Gasteiger partial charge in [0.1, 0.15) is 18.5 Å². The van der Waals surface area contributed by atoms with Crippen molar-refractivity contribution in [1.82, 2.24) is 10.6 Å². The first-order chi connectivity index (χ1) is 9.66. The number of hydrogen-bond acceptors (Lipinski definition) is 4. The first-order valence-corrected chi connectivity index (χ1v) is 7.52. The number of aliphatic hydroxyl groups is 1. The Hall–Kier alpha value is -1.11. The molecule has 1 aliphatic heterocycles. The zero-order valence-corrected chi connectivity index (χ0v) is 12.7. The third-order valence-electron chi connectivity index (χ3n) is 3.16. The van der Waals surface area contributed by atoms with E-state index in [9.17, 15) is 9.90 Å². The van der Waals surface area contributed by atoms with Gasteiger partial charge in [0.2, 0.25) is 5.91 Å². The normalized spacial score (nSPS) is 19.6. The Bertz CT molecular complexity index is 450. The molecule has 0 unspecified atom stereocenters. The zero-order valence-electron chi connectivity index (χ0n) is 11.1. The number of aliphatic hydroxyl groups excluding tert-OH is 1. The van der Waals surface area contributed by atoms with Crippen LogP contribution in [0.4, 0.5) is 0 Å². The summed E-state index contributed by atoms with van der Waals surface area (Å²) in [6, 6.07) is 7.32. The summed E-state index contributed by atoms with van der Waals surface area (Å²) in [5.41, 5.74) is 0. The van der Waals surface area contributed by atoms with Gasteiger partial charge in [-0.3, -0.25) is 4.79 Å². The molecule has 1 fully saturated rings. The second-order valence-corrected chi connectivity index (χ2v) is 5.64. The summed E-state index contributed by atoms with van der Waals surface area (Å²) >= 11 is 3.37. The topological polar surface area (TPSA) is 70.6 Å². The average molecular weight is 343 g/mol. The van der Waals surface area contributed by atoms with Gasteiger partial charge in [0.15, 0.2) is 0 Å². The van der Waals surface area contributed by atoms with E-state index in [1.165, 1.54) is 0 Å². The summed E-state index contributed by atoms with van der Waals surface area (Å²) in [5.74, 6) is 0.623. The minimum absolute atomic E-state index is 0.0533. The largest absolute Gasteiger partial charge is 0.490 e. The lowest BCUT2D eigenvalue weighted by Crippen LogP contribution is -2.44. The van der Waals surface area contributed by atoms with Gasteiger partial charge in [-0.1, -0.05) is 12.1 Å². The molecule has 20 heavy (non-hydrogen) atoms. The van der Waals surface area contributed by atoms with E-state index in [1.54, 1.807) is 0 Å². The molecule has 0 spiro atoms. The molecular weight excluding hydrogens is 324 g/mol. The van der Waals surface area contributed by atoms with Gasteiger partial charge < -0.3 is 20.5 Å². The van der Waals surface area contributed by atoms with E-state index in [0.29, 0.717) is 5.75 Å². The Morgan fingerprint density at radius 3 is 3.05 bits per heavy atom. The Labute approximate surface area is 126 Å². The minimum Gasteiger partial charge on any atom is -0.490 e. The molecule has 0 saturated carbocycles. The van der Waals surface area contributed by atoms with Gasteiger partial charge in [-0.2, -0.15) is 0 Å². The predicted molar refractivity (Wildman–Crippen MR) is 79.7 cm³/mol. The van der Waals surface area contributed by atoms with Crippen LogP contribution in [-0.4, -0.2) is 42.9 Å². The molecule has 0 aromatic heterocycles. The molecule has 3 N–H and O–H groups in total. The molecule has 2 atom stereocenters. The summed E-state index contributed by atoms with van der Waals surface area (Å²) in [4.78, 5) is 11.7. The lowest BCUT2D eigenvalue weighted by Gasteiger charge is -2.16. The quantitative estimate of drug-likeness (QED) is 0.722. The van der Waals surface area contributed by atoms with Crippen LogP contribution < -0.4 is 15.4 Å². The molecule has 1 aromatic carbocycles. The fraction of sp³-hybridized carbons (Fsp3) is 0.500. The highest BCUT2D eigenvalue weighted by Crippen LogP contribution is 2.23. The maximum absolute atomic E-state index is 11.7. The third kappa shape index (κ3) is 4.47. The number of carbonyl (C=O) groups excluding carboxylic acids is 1. The number of ether oxygens (including phenoxy) is 1. The molecule has 0 bridgehead atoms. The minimum atomic E-state index is -0.729. The summed E-state index contributed by atoms with van der Waals surface area (Å²) in [5, 5.41) is 15.7. The Kier molecular flexibility index (Phi) is 5.82. The fourth-order valence-corrected chi connectivity index (χ4v) is 2.46. The van der Waals surface area contributed by atoms with Crippen molar-refractivity contribution in [1.29, 1.82) is 0 Å². The Morgan fingerprint density at radius 2 is 2.35 bits per heavy atom.